The Hall–Kier alpha value is -1.64. The van der Waals surface area contributed by atoms with Crippen LogP contribution in [0.1, 0.15) is 39.4 Å². The first kappa shape index (κ1) is 11.8. The summed E-state index contributed by atoms with van der Waals surface area (Å²) in [4.78, 5) is 4.26. The molecule has 1 atom stereocenters. The van der Waals surface area contributed by atoms with Gasteiger partial charge in [0.2, 0.25) is 0 Å². The van der Waals surface area contributed by atoms with Gasteiger partial charge in [0.15, 0.2) is 0 Å². The third-order valence-corrected chi connectivity index (χ3v) is 3.18. The molecule has 0 aromatic carbocycles. The minimum absolute atomic E-state index is 0.168. The van der Waals surface area contributed by atoms with Crippen LogP contribution in [0.4, 0.5) is 0 Å². The summed E-state index contributed by atoms with van der Waals surface area (Å²) in [7, 11) is 0. The molecule has 0 aliphatic rings. The molecule has 0 saturated heterocycles. The highest BCUT2D eigenvalue weighted by atomic mass is 16.5. The van der Waals surface area contributed by atoms with Gasteiger partial charge in [-0.3, -0.25) is 4.98 Å². The molecule has 3 nitrogen and oxygen atoms in total. The zero-order valence-electron chi connectivity index (χ0n) is 10.8. The van der Waals surface area contributed by atoms with Crippen molar-refractivity contribution in [2.45, 2.75) is 33.6 Å². The molecule has 2 heterocycles. The predicted octanol–water partition coefficient (Wildman–Crippen LogP) is 3.89. The Balaban J connectivity index is 2.28. The number of hydrogen-bond acceptors (Lipinski definition) is 3. The lowest BCUT2D eigenvalue weighted by Crippen LogP contribution is -2.14. The molecule has 0 amide bonds. The highest BCUT2D eigenvalue weighted by Gasteiger charge is 2.25. The molecular weight excluding hydrogens is 212 g/mol. The van der Waals surface area contributed by atoms with E-state index in [1.165, 1.54) is 0 Å². The molecule has 0 fully saturated rings. The second kappa shape index (κ2) is 4.32. The molecule has 0 bridgehead atoms. The molecule has 2 rings (SSSR count). The van der Waals surface area contributed by atoms with Gasteiger partial charge in [0.05, 0.1) is 5.69 Å². The van der Waals surface area contributed by atoms with Crippen molar-refractivity contribution in [3.63, 3.8) is 0 Å². The van der Waals surface area contributed by atoms with E-state index in [0.717, 1.165) is 17.1 Å². The average molecular weight is 230 g/mol. The topological polar surface area (TPSA) is 38.9 Å². The van der Waals surface area contributed by atoms with Crippen LogP contribution in [0.15, 0.2) is 35.0 Å². The molecule has 17 heavy (non-hydrogen) atoms. The summed E-state index contributed by atoms with van der Waals surface area (Å²) in [5.41, 5.74) is 1.82. The van der Waals surface area contributed by atoms with Crippen molar-refractivity contribution in [3.05, 3.63) is 36.2 Å². The summed E-state index contributed by atoms with van der Waals surface area (Å²) in [5.74, 6) is 1.24. The van der Waals surface area contributed by atoms with Crippen LogP contribution >= 0.6 is 0 Å². The van der Waals surface area contributed by atoms with E-state index >= 15 is 0 Å². The van der Waals surface area contributed by atoms with Crippen molar-refractivity contribution in [1.82, 2.24) is 10.1 Å². The average Bonchev–Trinajstić information content (AvgIpc) is 2.77. The van der Waals surface area contributed by atoms with Gasteiger partial charge in [-0.1, -0.05) is 38.9 Å². The van der Waals surface area contributed by atoms with Gasteiger partial charge in [-0.05, 0) is 17.5 Å². The SMILES string of the molecule is C[C@@H](c1cc(-c2ccccn2)no1)C(C)(C)C. The zero-order chi connectivity index (χ0) is 12.5. The minimum atomic E-state index is 0.168. The van der Waals surface area contributed by atoms with Crippen LogP contribution in [0.25, 0.3) is 11.4 Å². The first-order valence-corrected chi connectivity index (χ1v) is 5.86. The molecule has 0 aliphatic carbocycles. The van der Waals surface area contributed by atoms with Gasteiger partial charge in [-0.25, -0.2) is 0 Å². The third-order valence-electron chi connectivity index (χ3n) is 3.18. The van der Waals surface area contributed by atoms with Crippen LogP contribution in [0, 0.1) is 5.41 Å². The van der Waals surface area contributed by atoms with Crippen LogP contribution in [-0.2, 0) is 0 Å². The summed E-state index contributed by atoms with van der Waals surface area (Å²) in [6, 6.07) is 7.76. The normalized spacial score (nSPS) is 13.6. The smallest absolute Gasteiger partial charge is 0.140 e. The molecule has 0 aliphatic heterocycles. The van der Waals surface area contributed by atoms with E-state index in [2.05, 4.69) is 37.8 Å². The van der Waals surface area contributed by atoms with Crippen molar-refractivity contribution in [2.75, 3.05) is 0 Å². The van der Waals surface area contributed by atoms with E-state index in [1.54, 1.807) is 6.20 Å². The summed E-state index contributed by atoms with van der Waals surface area (Å²) in [5, 5.41) is 4.08. The second-order valence-electron chi connectivity index (χ2n) is 5.42. The lowest BCUT2D eigenvalue weighted by atomic mass is 9.80. The predicted molar refractivity (Wildman–Crippen MR) is 67.6 cm³/mol. The van der Waals surface area contributed by atoms with Gasteiger partial charge in [0.1, 0.15) is 11.5 Å². The minimum Gasteiger partial charge on any atom is -0.360 e. The Morgan fingerprint density at radius 2 is 1.94 bits per heavy atom. The van der Waals surface area contributed by atoms with E-state index < -0.39 is 0 Å². The number of rotatable bonds is 2. The first-order valence-electron chi connectivity index (χ1n) is 5.86. The highest BCUT2D eigenvalue weighted by molar-refractivity contribution is 5.53. The van der Waals surface area contributed by atoms with Crippen LogP contribution in [0.3, 0.4) is 0 Å². The van der Waals surface area contributed by atoms with Gasteiger partial charge in [-0.15, -0.1) is 0 Å². The number of hydrogen-bond donors (Lipinski definition) is 0. The molecule has 0 unspecified atom stereocenters. The van der Waals surface area contributed by atoms with Crippen molar-refractivity contribution >= 4 is 0 Å². The Kier molecular flexibility index (Phi) is 3.01. The zero-order valence-corrected chi connectivity index (χ0v) is 10.8. The van der Waals surface area contributed by atoms with Gasteiger partial charge in [-0.2, -0.15) is 0 Å². The molecule has 0 saturated carbocycles. The fourth-order valence-corrected chi connectivity index (χ4v) is 1.56. The second-order valence-corrected chi connectivity index (χ2v) is 5.42. The Morgan fingerprint density at radius 3 is 2.53 bits per heavy atom. The lowest BCUT2D eigenvalue weighted by Gasteiger charge is -2.24. The summed E-state index contributed by atoms with van der Waals surface area (Å²) < 4.78 is 5.42. The molecule has 0 N–H and O–H groups in total. The number of nitrogens with zero attached hydrogens (tertiary/aromatic N) is 2. The van der Waals surface area contributed by atoms with E-state index in [0.29, 0.717) is 5.92 Å². The molecular formula is C14H18N2O. The van der Waals surface area contributed by atoms with Crippen LogP contribution in [-0.4, -0.2) is 10.1 Å². The van der Waals surface area contributed by atoms with Crippen molar-refractivity contribution < 1.29 is 4.52 Å². The van der Waals surface area contributed by atoms with Crippen LogP contribution in [0.2, 0.25) is 0 Å². The largest absolute Gasteiger partial charge is 0.360 e. The Labute approximate surface area is 102 Å². The maximum Gasteiger partial charge on any atom is 0.140 e. The van der Waals surface area contributed by atoms with Gasteiger partial charge in [0, 0.05) is 18.2 Å². The molecule has 0 radical (unpaired) electrons. The standard InChI is InChI=1S/C14H18N2O/c1-10(14(2,3)4)13-9-12(16-17-13)11-7-5-6-8-15-11/h5-10H,1-4H3/t10-/m0/s1. The van der Waals surface area contributed by atoms with Gasteiger partial charge in [0.25, 0.3) is 0 Å². The Morgan fingerprint density at radius 1 is 1.18 bits per heavy atom. The summed E-state index contributed by atoms with van der Waals surface area (Å²) in [6.07, 6.45) is 1.76. The number of aromatic nitrogens is 2. The molecule has 2 aromatic rings. The Bertz CT molecular complexity index is 482. The quantitative estimate of drug-likeness (QED) is 0.785. The molecule has 3 heteroatoms. The van der Waals surface area contributed by atoms with E-state index in [9.17, 15) is 0 Å². The maximum absolute atomic E-state index is 5.42. The maximum atomic E-state index is 5.42. The van der Waals surface area contributed by atoms with Gasteiger partial charge < -0.3 is 4.52 Å². The fourth-order valence-electron chi connectivity index (χ4n) is 1.56. The van der Waals surface area contributed by atoms with Gasteiger partial charge >= 0.3 is 0 Å². The highest BCUT2D eigenvalue weighted by Crippen LogP contribution is 2.35. The summed E-state index contributed by atoms with van der Waals surface area (Å²) in [6.45, 7) is 8.74. The third kappa shape index (κ3) is 2.54. The van der Waals surface area contributed by atoms with Crippen molar-refractivity contribution in [3.8, 4) is 11.4 Å². The van der Waals surface area contributed by atoms with Crippen LogP contribution < -0.4 is 0 Å². The molecule has 0 spiro atoms. The van der Waals surface area contributed by atoms with E-state index in [1.807, 2.05) is 24.3 Å². The first-order chi connectivity index (χ1) is 7.98. The van der Waals surface area contributed by atoms with Crippen molar-refractivity contribution in [1.29, 1.82) is 0 Å². The molecule has 90 valence electrons. The van der Waals surface area contributed by atoms with E-state index in [-0.39, 0.29) is 5.41 Å². The fraction of sp³-hybridized carbons (Fsp3) is 0.429. The summed E-state index contributed by atoms with van der Waals surface area (Å²) >= 11 is 0. The molecule has 2 aromatic heterocycles. The number of pyridine rings is 1. The lowest BCUT2D eigenvalue weighted by molar-refractivity contribution is 0.269. The van der Waals surface area contributed by atoms with Crippen LogP contribution in [0.5, 0.6) is 0 Å². The van der Waals surface area contributed by atoms with E-state index in [4.69, 9.17) is 4.52 Å². The van der Waals surface area contributed by atoms with Crippen molar-refractivity contribution in [2.24, 2.45) is 5.41 Å². The monoisotopic (exact) mass is 230 g/mol.